The van der Waals surface area contributed by atoms with E-state index in [0.717, 1.165) is 0 Å². The van der Waals surface area contributed by atoms with Crippen LogP contribution in [0.2, 0.25) is 15.1 Å². The monoisotopic (exact) mass is 345 g/mol. The van der Waals surface area contributed by atoms with Gasteiger partial charge in [-0.3, -0.25) is 4.79 Å². The van der Waals surface area contributed by atoms with Crippen LogP contribution in [0.4, 0.5) is 0 Å². The van der Waals surface area contributed by atoms with Gasteiger partial charge in [-0.1, -0.05) is 41.7 Å². The van der Waals surface area contributed by atoms with E-state index in [1.807, 2.05) is 0 Å². The minimum Gasteiger partial charge on any atom is -0.481 e. The number of hydrogen-bond acceptors (Lipinski definition) is 3. The number of benzene rings is 1. The number of carboxylic acids is 1. The minimum atomic E-state index is -4.00. The second kappa shape index (κ2) is 6.28. The van der Waals surface area contributed by atoms with Crippen molar-refractivity contribution in [3.63, 3.8) is 0 Å². The summed E-state index contributed by atoms with van der Waals surface area (Å²) in [6.07, 6.45) is 0. The summed E-state index contributed by atoms with van der Waals surface area (Å²) < 4.78 is 26.1. The molecule has 1 atom stereocenters. The zero-order valence-corrected chi connectivity index (χ0v) is 12.7. The van der Waals surface area contributed by atoms with Crippen molar-refractivity contribution in [3.05, 3.63) is 27.2 Å². The molecule has 0 heterocycles. The summed E-state index contributed by atoms with van der Waals surface area (Å²) >= 11 is 17.3. The van der Waals surface area contributed by atoms with E-state index in [-0.39, 0.29) is 26.5 Å². The fourth-order valence-corrected chi connectivity index (χ4v) is 3.85. The standard InChI is InChI=1S/C10H10Cl3NO4S/c1-5(10(15)16)4-14-19(17,18)9-7(12)2-6(11)3-8(9)13/h2-3,5,14H,4H2,1H3,(H,15,16). The number of carboxylic acid groups (broad SMARTS) is 1. The first-order valence-electron chi connectivity index (χ1n) is 5.02. The minimum absolute atomic E-state index is 0.132. The molecule has 1 aromatic carbocycles. The summed E-state index contributed by atoms with van der Waals surface area (Å²) in [5.74, 6) is -1.99. The van der Waals surface area contributed by atoms with E-state index < -0.39 is 21.9 Å². The Bertz CT molecular complexity index is 580. The predicted octanol–water partition coefficient (Wildman–Crippen LogP) is 2.65. The molecule has 0 saturated carbocycles. The van der Waals surface area contributed by atoms with Crippen LogP contribution in [0.5, 0.6) is 0 Å². The fraction of sp³-hybridized carbons (Fsp3) is 0.300. The first-order chi connectivity index (χ1) is 8.65. The molecule has 9 heteroatoms. The first kappa shape index (κ1) is 16.5. The molecule has 0 aliphatic carbocycles. The van der Waals surface area contributed by atoms with Crippen LogP contribution in [0.15, 0.2) is 17.0 Å². The summed E-state index contributed by atoms with van der Waals surface area (Å²) in [5, 5.41) is 8.63. The molecule has 19 heavy (non-hydrogen) atoms. The number of aliphatic carboxylic acids is 1. The Morgan fingerprint density at radius 2 is 1.79 bits per heavy atom. The van der Waals surface area contributed by atoms with Crippen molar-refractivity contribution in [2.75, 3.05) is 6.54 Å². The summed E-state index contributed by atoms with van der Waals surface area (Å²) in [5.41, 5.74) is 0. The van der Waals surface area contributed by atoms with Crippen molar-refractivity contribution in [3.8, 4) is 0 Å². The highest BCUT2D eigenvalue weighted by Crippen LogP contribution is 2.32. The highest BCUT2D eigenvalue weighted by atomic mass is 35.5. The van der Waals surface area contributed by atoms with Crippen molar-refractivity contribution >= 4 is 50.8 Å². The number of rotatable bonds is 5. The van der Waals surface area contributed by atoms with E-state index in [4.69, 9.17) is 39.9 Å². The van der Waals surface area contributed by atoms with Crippen LogP contribution < -0.4 is 4.72 Å². The molecule has 0 radical (unpaired) electrons. The molecule has 1 unspecified atom stereocenters. The highest BCUT2D eigenvalue weighted by molar-refractivity contribution is 7.89. The van der Waals surface area contributed by atoms with Gasteiger partial charge in [-0.2, -0.15) is 0 Å². The molecule has 0 aliphatic rings. The Labute approximate surface area is 125 Å². The Hall–Kier alpha value is -0.530. The number of nitrogens with one attached hydrogen (secondary N) is 1. The van der Waals surface area contributed by atoms with Crippen LogP contribution in [0.3, 0.4) is 0 Å². The van der Waals surface area contributed by atoms with Crippen molar-refractivity contribution in [2.24, 2.45) is 5.92 Å². The summed E-state index contributed by atoms with van der Waals surface area (Å²) in [7, 11) is -4.00. The largest absolute Gasteiger partial charge is 0.481 e. The van der Waals surface area contributed by atoms with Crippen LogP contribution in [-0.2, 0) is 14.8 Å². The molecule has 5 nitrogen and oxygen atoms in total. The molecule has 0 fully saturated rings. The molecule has 2 N–H and O–H groups in total. The average Bonchev–Trinajstić information content (AvgIpc) is 2.23. The Kier molecular flexibility index (Phi) is 5.46. The summed E-state index contributed by atoms with van der Waals surface area (Å²) in [6.45, 7) is 1.10. The summed E-state index contributed by atoms with van der Waals surface area (Å²) in [6, 6.07) is 2.48. The van der Waals surface area contributed by atoms with Crippen LogP contribution in [0.25, 0.3) is 0 Å². The second-order valence-electron chi connectivity index (χ2n) is 3.79. The predicted molar refractivity (Wildman–Crippen MR) is 73.5 cm³/mol. The van der Waals surface area contributed by atoms with Gasteiger partial charge in [0.1, 0.15) is 4.90 Å². The Morgan fingerprint density at radius 3 is 2.21 bits per heavy atom. The fourth-order valence-electron chi connectivity index (χ4n) is 1.18. The van der Waals surface area contributed by atoms with Crippen LogP contribution in [-0.4, -0.2) is 26.0 Å². The number of halogens is 3. The molecule has 0 bridgehead atoms. The third-order valence-electron chi connectivity index (χ3n) is 2.23. The lowest BCUT2D eigenvalue weighted by atomic mass is 10.2. The molecule has 1 rings (SSSR count). The van der Waals surface area contributed by atoms with Gasteiger partial charge >= 0.3 is 5.97 Å². The lowest BCUT2D eigenvalue weighted by molar-refractivity contribution is -0.140. The zero-order chi connectivity index (χ0) is 14.8. The third-order valence-corrected chi connectivity index (χ3v) is 4.80. The van der Waals surface area contributed by atoms with E-state index in [1.54, 1.807) is 0 Å². The highest BCUT2D eigenvalue weighted by Gasteiger charge is 2.24. The van der Waals surface area contributed by atoms with Crippen molar-refractivity contribution in [1.29, 1.82) is 0 Å². The van der Waals surface area contributed by atoms with Gasteiger partial charge in [-0.05, 0) is 12.1 Å². The van der Waals surface area contributed by atoms with Gasteiger partial charge in [0.15, 0.2) is 0 Å². The molecule has 0 aromatic heterocycles. The van der Waals surface area contributed by atoms with E-state index in [1.165, 1.54) is 19.1 Å². The van der Waals surface area contributed by atoms with Crippen LogP contribution in [0, 0.1) is 5.92 Å². The zero-order valence-electron chi connectivity index (χ0n) is 9.65. The van der Waals surface area contributed by atoms with Gasteiger partial charge in [-0.15, -0.1) is 0 Å². The van der Waals surface area contributed by atoms with E-state index in [2.05, 4.69) is 4.72 Å². The molecule has 0 amide bonds. The molecule has 0 aliphatic heterocycles. The van der Waals surface area contributed by atoms with Crippen LogP contribution >= 0.6 is 34.8 Å². The van der Waals surface area contributed by atoms with Crippen molar-refractivity contribution in [1.82, 2.24) is 4.72 Å². The lowest BCUT2D eigenvalue weighted by Gasteiger charge is -2.12. The Morgan fingerprint density at radius 1 is 1.32 bits per heavy atom. The van der Waals surface area contributed by atoms with Gasteiger partial charge in [0, 0.05) is 11.6 Å². The van der Waals surface area contributed by atoms with Crippen molar-refractivity contribution < 1.29 is 18.3 Å². The number of sulfonamides is 1. The lowest BCUT2D eigenvalue weighted by Crippen LogP contribution is -2.31. The normalized spacial score (nSPS) is 13.3. The molecule has 106 valence electrons. The quantitative estimate of drug-likeness (QED) is 0.858. The maximum atomic E-state index is 12.0. The second-order valence-corrected chi connectivity index (χ2v) is 6.74. The smallest absolute Gasteiger partial charge is 0.307 e. The molecular formula is C10H10Cl3NO4S. The van der Waals surface area contributed by atoms with E-state index >= 15 is 0 Å². The van der Waals surface area contributed by atoms with E-state index in [0.29, 0.717) is 0 Å². The Balaban J connectivity index is 3.05. The number of carbonyl (C=O) groups is 1. The maximum absolute atomic E-state index is 12.0. The first-order valence-corrected chi connectivity index (χ1v) is 7.64. The van der Waals surface area contributed by atoms with E-state index in [9.17, 15) is 13.2 Å². The van der Waals surface area contributed by atoms with Crippen LogP contribution in [0.1, 0.15) is 6.92 Å². The third kappa shape index (κ3) is 4.22. The van der Waals surface area contributed by atoms with Gasteiger partial charge in [0.2, 0.25) is 10.0 Å². The van der Waals surface area contributed by atoms with Gasteiger partial charge < -0.3 is 5.11 Å². The molecule has 0 spiro atoms. The van der Waals surface area contributed by atoms with Crippen molar-refractivity contribution in [2.45, 2.75) is 11.8 Å². The maximum Gasteiger partial charge on any atom is 0.307 e. The molecule has 1 aromatic rings. The van der Waals surface area contributed by atoms with Gasteiger partial charge in [0.25, 0.3) is 0 Å². The number of hydrogen-bond donors (Lipinski definition) is 2. The average molecular weight is 347 g/mol. The molecule has 0 saturated heterocycles. The topological polar surface area (TPSA) is 83.5 Å². The summed E-state index contributed by atoms with van der Waals surface area (Å²) in [4.78, 5) is 10.3. The van der Waals surface area contributed by atoms with Gasteiger partial charge in [-0.25, -0.2) is 13.1 Å². The molecular weight excluding hydrogens is 337 g/mol. The van der Waals surface area contributed by atoms with Gasteiger partial charge in [0.05, 0.1) is 16.0 Å². The SMILES string of the molecule is CC(CNS(=O)(=O)c1c(Cl)cc(Cl)cc1Cl)C(=O)O.